The van der Waals surface area contributed by atoms with E-state index in [1.54, 1.807) is 0 Å². The molecule has 0 spiro atoms. The Hall–Kier alpha value is -0.790. The summed E-state index contributed by atoms with van der Waals surface area (Å²) in [5.74, 6) is -3.80. The van der Waals surface area contributed by atoms with Gasteiger partial charge in [-0.3, -0.25) is 0 Å². The lowest BCUT2D eigenvalue weighted by atomic mass is 10.4. The van der Waals surface area contributed by atoms with Crippen LogP contribution in [0.4, 0.5) is 13.2 Å². The van der Waals surface area contributed by atoms with E-state index in [1.807, 2.05) is 0 Å². The molecule has 0 radical (unpaired) electrons. The quantitative estimate of drug-likeness (QED) is 0.606. The van der Waals surface area contributed by atoms with Crippen molar-refractivity contribution in [1.82, 2.24) is 4.98 Å². The molecule has 0 saturated heterocycles. The molecule has 0 amide bonds. The molecular weight excluding hydrogens is 231 g/mol. The average Bonchev–Trinajstić information content (AvgIpc) is 2.21. The number of thioether (sulfide) groups is 1. The number of pyridine rings is 1. The highest BCUT2D eigenvalue weighted by Crippen LogP contribution is 2.21. The summed E-state index contributed by atoms with van der Waals surface area (Å²) in [6, 6.07) is 0.385. The van der Waals surface area contributed by atoms with Crippen molar-refractivity contribution in [2.75, 3.05) is 12.4 Å². The minimum atomic E-state index is -1.39. The molecule has 1 heterocycles. The number of halogens is 3. The summed E-state index contributed by atoms with van der Waals surface area (Å²) in [6.07, 6.45) is -1.05. The molecular formula is C8H8F3NO2S. The van der Waals surface area contributed by atoms with Crippen molar-refractivity contribution < 1.29 is 23.4 Å². The summed E-state index contributed by atoms with van der Waals surface area (Å²) in [4.78, 5) is 3.03. The Morgan fingerprint density at radius 1 is 1.33 bits per heavy atom. The highest BCUT2D eigenvalue weighted by molar-refractivity contribution is 7.99. The molecule has 15 heavy (non-hydrogen) atoms. The molecule has 0 saturated carbocycles. The Bertz CT molecular complexity index is 351. The molecule has 1 unspecified atom stereocenters. The number of nitrogens with zero attached hydrogens (tertiary/aromatic N) is 1. The Balaban J connectivity index is 2.73. The van der Waals surface area contributed by atoms with Crippen molar-refractivity contribution in [2.45, 2.75) is 11.1 Å². The summed E-state index contributed by atoms with van der Waals surface area (Å²) in [6.45, 7) is -0.488. The van der Waals surface area contributed by atoms with Gasteiger partial charge in [-0.1, -0.05) is 0 Å². The third-order valence-electron chi connectivity index (χ3n) is 1.48. The van der Waals surface area contributed by atoms with Crippen LogP contribution in [-0.2, 0) is 0 Å². The summed E-state index contributed by atoms with van der Waals surface area (Å²) >= 11 is 0.700. The van der Waals surface area contributed by atoms with Gasteiger partial charge >= 0.3 is 0 Å². The minimum absolute atomic E-state index is 0.0501. The van der Waals surface area contributed by atoms with Crippen LogP contribution in [0.2, 0.25) is 0 Å². The van der Waals surface area contributed by atoms with E-state index in [1.165, 1.54) is 0 Å². The second kappa shape index (κ2) is 5.34. The van der Waals surface area contributed by atoms with E-state index in [-0.39, 0.29) is 10.8 Å². The summed E-state index contributed by atoms with van der Waals surface area (Å²) in [5.41, 5.74) is 0. The largest absolute Gasteiger partial charge is 0.394 e. The van der Waals surface area contributed by atoms with Gasteiger partial charge in [0, 0.05) is 11.8 Å². The normalized spacial score (nSPS) is 12.9. The lowest BCUT2D eigenvalue weighted by Gasteiger charge is -2.06. The zero-order chi connectivity index (χ0) is 11.4. The SMILES string of the molecule is OCC(O)CSc1nc(F)c(F)cc1F. The van der Waals surface area contributed by atoms with Crippen molar-refractivity contribution in [3.8, 4) is 0 Å². The maximum atomic E-state index is 13.0. The molecule has 1 aromatic heterocycles. The van der Waals surface area contributed by atoms with Gasteiger partial charge in [0.15, 0.2) is 11.6 Å². The first-order valence-electron chi connectivity index (χ1n) is 3.98. The Labute approximate surface area is 88.0 Å². The molecule has 1 atom stereocenters. The molecule has 1 aromatic rings. The van der Waals surface area contributed by atoms with Crippen molar-refractivity contribution in [1.29, 1.82) is 0 Å². The van der Waals surface area contributed by atoms with Gasteiger partial charge in [-0.25, -0.2) is 13.8 Å². The van der Waals surface area contributed by atoms with E-state index >= 15 is 0 Å². The highest BCUT2D eigenvalue weighted by Gasteiger charge is 2.13. The molecule has 3 nitrogen and oxygen atoms in total. The molecule has 7 heteroatoms. The van der Waals surface area contributed by atoms with Crippen molar-refractivity contribution in [3.63, 3.8) is 0 Å². The van der Waals surface area contributed by atoms with Gasteiger partial charge in [0.1, 0.15) is 5.03 Å². The number of hydrogen-bond acceptors (Lipinski definition) is 4. The Morgan fingerprint density at radius 2 is 2.00 bits per heavy atom. The van der Waals surface area contributed by atoms with Crippen LogP contribution < -0.4 is 0 Å². The second-order valence-corrected chi connectivity index (χ2v) is 3.70. The first kappa shape index (κ1) is 12.3. The predicted molar refractivity (Wildman–Crippen MR) is 47.9 cm³/mol. The summed E-state index contributed by atoms with van der Waals surface area (Å²) in [5, 5.41) is 17.1. The van der Waals surface area contributed by atoms with Crippen LogP contribution in [0.3, 0.4) is 0 Å². The van der Waals surface area contributed by atoms with E-state index in [0.29, 0.717) is 17.8 Å². The van der Waals surface area contributed by atoms with Crippen molar-refractivity contribution in [3.05, 3.63) is 23.6 Å². The topological polar surface area (TPSA) is 53.4 Å². The van der Waals surface area contributed by atoms with Crippen LogP contribution in [-0.4, -0.2) is 33.7 Å². The Morgan fingerprint density at radius 3 is 2.60 bits per heavy atom. The monoisotopic (exact) mass is 239 g/mol. The number of aromatic nitrogens is 1. The molecule has 0 aromatic carbocycles. The van der Waals surface area contributed by atoms with Gasteiger partial charge in [-0.2, -0.15) is 4.39 Å². The van der Waals surface area contributed by atoms with E-state index < -0.39 is 30.3 Å². The van der Waals surface area contributed by atoms with E-state index in [2.05, 4.69) is 4.98 Å². The van der Waals surface area contributed by atoms with Crippen LogP contribution in [0.5, 0.6) is 0 Å². The van der Waals surface area contributed by atoms with E-state index in [9.17, 15) is 13.2 Å². The molecule has 0 bridgehead atoms. The Kier molecular flexibility index (Phi) is 4.37. The average molecular weight is 239 g/mol. The van der Waals surface area contributed by atoms with Crippen LogP contribution in [0.15, 0.2) is 11.1 Å². The van der Waals surface area contributed by atoms with Crippen molar-refractivity contribution in [2.24, 2.45) is 0 Å². The fourth-order valence-electron chi connectivity index (χ4n) is 0.758. The van der Waals surface area contributed by atoms with Gasteiger partial charge in [-0.05, 0) is 0 Å². The maximum absolute atomic E-state index is 13.0. The van der Waals surface area contributed by atoms with Crippen LogP contribution in [0, 0.1) is 17.6 Å². The van der Waals surface area contributed by atoms with Crippen molar-refractivity contribution >= 4 is 11.8 Å². The smallest absolute Gasteiger partial charge is 0.250 e. The summed E-state index contributed by atoms with van der Waals surface area (Å²) in [7, 11) is 0. The standard InChI is InChI=1S/C8H8F3NO2S/c9-5-1-6(10)8(12-7(5)11)15-3-4(14)2-13/h1,4,13-14H,2-3H2. The minimum Gasteiger partial charge on any atom is -0.394 e. The second-order valence-electron chi connectivity index (χ2n) is 2.70. The van der Waals surface area contributed by atoms with Crippen LogP contribution >= 0.6 is 11.8 Å². The fraction of sp³-hybridized carbons (Fsp3) is 0.375. The molecule has 0 fully saturated rings. The molecule has 0 aliphatic rings. The number of hydrogen-bond donors (Lipinski definition) is 2. The number of aliphatic hydroxyl groups excluding tert-OH is 2. The lowest BCUT2D eigenvalue weighted by Crippen LogP contribution is -2.15. The van der Waals surface area contributed by atoms with E-state index in [0.717, 1.165) is 0 Å². The zero-order valence-electron chi connectivity index (χ0n) is 7.45. The predicted octanol–water partition coefficient (Wildman–Crippen LogP) is 0.944. The van der Waals surface area contributed by atoms with Gasteiger partial charge in [0.05, 0.1) is 12.7 Å². The van der Waals surface area contributed by atoms with Gasteiger partial charge in [0.25, 0.3) is 0 Å². The lowest BCUT2D eigenvalue weighted by molar-refractivity contribution is 0.113. The zero-order valence-corrected chi connectivity index (χ0v) is 8.27. The highest BCUT2D eigenvalue weighted by atomic mass is 32.2. The molecule has 0 aliphatic heterocycles. The maximum Gasteiger partial charge on any atom is 0.250 e. The first-order valence-corrected chi connectivity index (χ1v) is 4.96. The fourth-order valence-corrected chi connectivity index (χ4v) is 1.55. The molecule has 1 rings (SSSR count). The van der Waals surface area contributed by atoms with Gasteiger partial charge in [0.2, 0.25) is 5.95 Å². The molecule has 84 valence electrons. The van der Waals surface area contributed by atoms with Crippen LogP contribution in [0.25, 0.3) is 0 Å². The van der Waals surface area contributed by atoms with Crippen LogP contribution in [0.1, 0.15) is 0 Å². The van der Waals surface area contributed by atoms with E-state index in [4.69, 9.17) is 10.2 Å². The third-order valence-corrected chi connectivity index (χ3v) is 2.59. The number of aliphatic hydroxyl groups is 2. The summed E-state index contributed by atoms with van der Waals surface area (Å²) < 4.78 is 38.0. The number of rotatable bonds is 4. The molecule has 2 N–H and O–H groups in total. The van der Waals surface area contributed by atoms with Gasteiger partial charge in [-0.15, -0.1) is 11.8 Å². The third kappa shape index (κ3) is 3.37. The first-order chi connectivity index (χ1) is 7.04. The molecule has 0 aliphatic carbocycles. The van der Waals surface area contributed by atoms with Gasteiger partial charge < -0.3 is 10.2 Å².